The Morgan fingerprint density at radius 1 is 0.708 bits per heavy atom. The van der Waals surface area contributed by atoms with E-state index in [1.165, 1.54) is 0 Å². The fourth-order valence-electron chi connectivity index (χ4n) is 2.50. The lowest BCUT2D eigenvalue weighted by Gasteiger charge is -2.21. The summed E-state index contributed by atoms with van der Waals surface area (Å²) in [6.45, 7) is 0. The van der Waals surface area contributed by atoms with E-state index >= 15 is 0 Å². The number of aliphatic hydroxyl groups is 1. The summed E-state index contributed by atoms with van der Waals surface area (Å²) in [5, 5.41) is 10.7. The van der Waals surface area contributed by atoms with Crippen LogP contribution in [0.1, 0.15) is 16.4 Å². The first-order chi connectivity index (χ1) is 11.8. The molecule has 0 fully saturated rings. The lowest BCUT2D eigenvalue weighted by Crippen LogP contribution is -2.13. The molecular weight excluding hydrogens is 312 g/mol. The first kappa shape index (κ1) is 16.6. The molecule has 0 aliphatic rings. The predicted molar refractivity (Wildman–Crippen MR) is 103 cm³/mol. The van der Waals surface area contributed by atoms with Gasteiger partial charge in [0.05, 0.1) is 11.4 Å². The molecule has 1 N–H and O–H groups in total. The van der Waals surface area contributed by atoms with Crippen LogP contribution in [0.15, 0.2) is 102 Å². The Bertz CT molecular complexity index is 754. The van der Waals surface area contributed by atoms with Crippen molar-refractivity contribution in [2.75, 3.05) is 0 Å². The Balaban J connectivity index is 1.82. The van der Waals surface area contributed by atoms with Gasteiger partial charge in [-0.2, -0.15) is 0 Å². The molecule has 0 radical (unpaired) electrons. The second-order valence-electron chi connectivity index (χ2n) is 5.52. The van der Waals surface area contributed by atoms with E-state index in [0.717, 1.165) is 16.0 Å². The fourth-order valence-corrected chi connectivity index (χ4v) is 3.63. The summed E-state index contributed by atoms with van der Waals surface area (Å²) in [6.07, 6.45) is 3.28. The number of aliphatic hydroxyl groups excluding tert-OH is 1. The van der Waals surface area contributed by atoms with E-state index in [4.69, 9.17) is 0 Å². The van der Waals surface area contributed by atoms with Crippen LogP contribution in [0.2, 0.25) is 0 Å². The zero-order valence-electron chi connectivity index (χ0n) is 13.3. The van der Waals surface area contributed by atoms with E-state index in [0.29, 0.717) is 0 Å². The van der Waals surface area contributed by atoms with Crippen molar-refractivity contribution in [1.29, 1.82) is 0 Å². The maximum atomic E-state index is 10.8. The molecule has 2 atom stereocenters. The van der Waals surface area contributed by atoms with Crippen molar-refractivity contribution in [2.24, 2.45) is 0 Å². The molecule has 3 rings (SSSR count). The second-order valence-corrected chi connectivity index (χ2v) is 6.74. The van der Waals surface area contributed by atoms with Gasteiger partial charge in [0.25, 0.3) is 0 Å². The van der Waals surface area contributed by atoms with Crippen LogP contribution in [0.25, 0.3) is 6.08 Å². The van der Waals surface area contributed by atoms with Crippen molar-refractivity contribution < 1.29 is 5.11 Å². The normalized spacial score (nSPS) is 13.7. The molecule has 0 saturated heterocycles. The summed E-state index contributed by atoms with van der Waals surface area (Å²) in [5.41, 5.74) is 2.21. The highest BCUT2D eigenvalue weighted by Crippen LogP contribution is 2.38. The van der Waals surface area contributed by atoms with Gasteiger partial charge in [0.2, 0.25) is 0 Å². The maximum Gasteiger partial charge on any atom is 0.0887 e. The molecule has 0 aromatic heterocycles. The first-order valence-corrected chi connectivity index (χ1v) is 8.89. The van der Waals surface area contributed by atoms with Crippen LogP contribution in [-0.4, -0.2) is 11.2 Å². The molecule has 0 aliphatic heterocycles. The molecule has 120 valence electrons. The van der Waals surface area contributed by atoms with Gasteiger partial charge < -0.3 is 5.11 Å². The third kappa shape index (κ3) is 4.60. The Hall–Kier alpha value is -2.29. The SMILES string of the molecule is O[C@H](/C=C/c1ccccc1)[C@H](Sc1ccccc1)c1ccccc1. The highest BCUT2D eigenvalue weighted by Gasteiger charge is 2.20. The summed E-state index contributed by atoms with van der Waals surface area (Å²) >= 11 is 1.68. The van der Waals surface area contributed by atoms with Gasteiger partial charge in [0.1, 0.15) is 0 Å². The van der Waals surface area contributed by atoms with E-state index in [-0.39, 0.29) is 5.25 Å². The van der Waals surface area contributed by atoms with Crippen LogP contribution in [0.5, 0.6) is 0 Å². The van der Waals surface area contributed by atoms with Gasteiger partial charge in [0.15, 0.2) is 0 Å². The standard InChI is InChI=1S/C22H20OS/c23-21(17-16-18-10-4-1-5-11-18)22(19-12-6-2-7-13-19)24-20-14-8-3-9-15-20/h1-17,21-23H/b17-16+/t21-,22-/m1/s1. The summed E-state index contributed by atoms with van der Waals surface area (Å²) in [5.74, 6) is 0. The van der Waals surface area contributed by atoms with Crippen LogP contribution in [0, 0.1) is 0 Å². The molecule has 0 saturated carbocycles. The molecule has 2 heteroatoms. The number of hydrogen-bond donors (Lipinski definition) is 1. The molecule has 0 aliphatic carbocycles. The third-order valence-corrected chi connectivity index (χ3v) is 5.08. The molecular formula is C22H20OS. The van der Waals surface area contributed by atoms with Gasteiger partial charge in [-0.25, -0.2) is 0 Å². The van der Waals surface area contributed by atoms with Crippen LogP contribution in [0.3, 0.4) is 0 Å². The molecule has 0 heterocycles. The summed E-state index contributed by atoms with van der Waals surface area (Å²) in [7, 11) is 0. The van der Waals surface area contributed by atoms with Crippen molar-refractivity contribution in [3.8, 4) is 0 Å². The van der Waals surface area contributed by atoms with Crippen molar-refractivity contribution in [3.05, 3.63) is 108 Å². The van der Waals surface area contributed by atoms with Crippen LogP contribution in [0.4, 0.5) is 0 Å². The van der Waals surface area contributed by atoms with Crippen molar-refractivity contribution >= 4 is 17.8 Å². The van der Waals surface area contributed by atoms with Gasteiger partial charge in [-0.3, -0.25) is 0 Å². The monoisotopic (exact) mass is 332 g/mol. The molecule has 3 aromatic carbocycles. The van der Waals surface area contributed by atoms with Gasteiger partial charge >= 0.3 is 0 Å². The minimum Gasteiger partial charge on any atom is -0.388 e. The highest BCUT2D eigenvalue weighted by molar-refractivity contribution is 7.99. The van der Waals surface area contributed by atoms with E-state index < -0.39 is 6.10 Å². The van der Waals surface area contributed by atoms with E-state index in [9.17, 15) is 5.11 Å². The molecule has 0 amide bonds. The number of rotatable bonds is 6. The predicted octanol–water partition coefficient (Wildman–Crippen LogP) is 5.59. The smallest absolute Gasteiger partial charge is 0.0887 e. The second kappa shape index (κ2) is 8.53. The zero-order chi connectivity index (χ0) is 16.6. The number of benzene rings is 3. The molecule has 0 bridgehead atoms. The molecule has 24 heavy (non-hydrogen) atoms. The average molecular weight is 332 g/mol. The zero-order valence-corrected chi connectivity index (χ0v) is 14.1. The minimum absolute atomic E-state index is 0.0476. The highest BCUT2D eigenvalue weighted by atomic mass is 32.2. The topological polar surface area (TPSA) is 20.2 Å². The number of thioether (sulfide) groups is 1. The first-order valence-electron chi connectivity index (χ1n) is 8.01. The van der Waals surface area contributed by atoms with Gasteiger partial charge in [-0.1, -0.05) is 91.0 Å². The quantitative estimate of drug-likeness (QED) is 0.593. The molecule has 3 aromatic rings. The number of hydrogen-bond acceptors (Lipinski definition) is 2. The average Bonchev–Trinajstić information content (AvgIpc) is 2.66. The van der Waals surface area contributed by atoms with E-state index in [1.807, 2.05) is 78.9 Å². The minimum atomic E-state index is -0.571. The van der Waals surface area contributed by atoms with Crippen molar-refractivity contribution in [3.63, 3.8) is 0 Å². The Morgan fingerprint density at radius 3 is 1.88 bits per heavy atom. The summed E-state index contributed by atoms with van der Waals surface area (Å²) < 4.78 is 0. The Morgan fingerprint density at radius 2 is 1.25 bits per heavy atom. The maximum absolute atomic E-state index is 10.8. The van der Waals surface area contributed by atoms with Crippen LogP contribution >= 0.6 is 11.8 Å². The summed E-state index contributed by atoms with van der Waals surface area (Å²) in [6, 6.07) is 30.4. The Labute approximate surface area is 147 Å². The Kier molecular flexibility index (Phi) is 5.89. The lowest BCUT2D eigenvalue weighted by molar-refractivity contribution is 0.221. The van der Waals surface area contributed by atoms with Crippen molar-refractivity contribution in [1.82, 2.24) is 0 Å². The van der Waals surface area contributed by atoms with Gasteiger partial charge in [0, 0.05) is 4.90 Å². The van der Waals surface area contributed by atoms with E-state index in [1.54, 1.807) is 11.8 Å². The van der Waals surface area contributed by atoms with Crippen LogP contribution < -0.4 is 0 Å². The molecule has 0 unspecified atom stereocenters. The fraction of sp³-hybridized carbons (Fsp3) is 0.0909. The van der Waals surface area contributed by atoms with Gasteiger partial charge in [-0.15, -0.1) is 11.8 Å². The summed E-state index contributed by atoms with van der Waals surface area (Å²) in [4.78, 5) is 1.15. The van der Waals surface area contributed by atoms with E-state index in [2.05, 4.69) is 24.3 Å². The van der Waals surface area contributed by atoms with Crippen LogP contribution in [-0.2, 0) is 0 Å². The lowest BCUT2D eigenvalue weighted by atomic mass is 10.1. The van der Waals surface area contributed by atoms with Crippen molar-refractivity contribution in [2.45, 2.75) is 16.2 Å². The third-order valence-electron chi connectivity index (χ3n) is 3.73. The molecule has 0 spiro atoms. The largest absolute Gasteiger partial charge is 0.388 e. The van der Waals surface area contributed by atoms with Gasteiger partial charge in [-0.05, 0) is 23.3 Å². The molecule has 1 nitrogen and oxygen atoms in total.